The first kappa shape index (κ1) is 13.8. The molecule has 1 aromatic carbocycles. The number of hydrogen-bond acceptors (Lipinski definition) is 6. The second-order valence-electron chi connectivity index (χ2n) is 4.15. The lowest BCUT2D eigenvalue weighted by Gasteiger charge is -2.00. The van der Waals surface area contributed by atoms with Crippen molar-refractivity contribution in [1.82, 2.24) is 10.1 Å². The van der Waals surface area contributed by atoms with E-state index in [0.717, 1.165) is 10.5 Å². The fourth-order valence-electron chi connectivity index (χ4n) is 1.68. The highest BCUT2D eigenvalue weighted by molar-refractivity contribution is 7.98. The summed E-state index contributed by atoms with van der Waals surface area (Å²) in [5, 5.41) is 16.8. The Morgan fingerprint density at radius 1 is 1.38 bits per heavy atom. The Hall–Kier alpha value is -2.12. The minimum atomic E-state index is -0.934. The molecule has 0 fully saturated rings. The summed E-state index contributed by atoms with van der Waals surface area (Å²) in [6.07, 6.45) is 0. The maximum absolute atomic E-state index is 10.9. The molecule has 1 N–H and O–H groups in total. The van der Waals surface area contributed by atoms with Crippen LogP contribution >= 0.6 is 23.1 Å². The van der Waals surface area contributed by atoms with Crippen LogP contribution < -0.4 is 0 Å². The van der Waals surface area contributed by atoms with Gasteiger partial charge in [-0.3, -0.25) is 0 Å². The summed E-state index contributed by atoms with van der Waals surface area (Å²) in [6, 6.07) is 8.70. The van der Waals surface area contributed by atoms with E-state index >= 15 is 0 Å². The molecular weight excluding hydrogens is 308 g/mol. The Labute approximate surface area is 128 Å². The van der Waals surface area contributed by atoms with Gasteiger partial charge in [-0.05, 0) is 29.6 Å². The molecule has 7 heteroatoms. The van der Waals surface area contributed by atoms with E-state index in [2.05, 4.69) is 10.1 Å². The van der Waals surface area contributed by atoms with Gasteiger partial charge in [-0.25, -0.2) is 4.79 Å². The SMILES string of the molecule is O=C(O)c1cccc(SCc2noc(-c3ccsc3)n2)c1. The molecule has 0 atom stereocenters. The highest BCUT2D eigenvalue weighted by Crippen LogP contribution is 2.25. The molecule has 3 aromatic rings. The van der Waals surface area contributed by atoms with Crippen LogP contribution in [-0.2, 0) is 5.75 Å². The first-order chi connectivity index (χ1) is 10.2. The molecule has 0 saturated carbocycles. The van der Waals surface area contributed by atoms with Gasteiger partial charge in [-0.2, -0.15) is 16.3 Å². The topological polar surface area (TPSA) is 76.2 Å². The summed E-state index contributed by atoms with van der Waals surface area (Å²) in [5.41, 5.74) is 1.18. The number of thioether (sulfide) groups is 1. The number of thiophene rings is 1. The third kappa shape index (κ3) is 3.32. The molecule has 5 nitrogen and oxygen atoms in total. The second kappa shape index (κ2) is 6.11. The molecule has 0 unspecified atom stereocenters. The molecule has 106 valence electrons. The van der Waals surface area contributed by atoms with E-state index in [1.807, 2.05) is 22.9 Å². The third-order valence-corrected chi connectivity index (χ3v) is 4.36. The van der Waals surface area contributed by atoms with E-state index in [1.54, 1.807) is 29.5 Å². The van der Waals surface area contributed by atoms with Crippen LogP contribution in [0, 0.1) is 0 Å². The molecule has 0 aliphatic heterocycles. The van der Waals surface area contributed by atoms with Crippen molar-refractivity contribution in [3.8, 4) is 11.5 Å². The Kier molecular flexibility index (Phi) is 4.03. The fourth-order valence-corrected chi connectivity index (χ4v) is 3.11. The van der Waals surface area contributed by atoms with E-state index in [4.69, 9.17) is 9.63 Å². The number of nitrogens with zero attached hydrogens (tertiary/aromatic N) is 2. The van der Waals surface area contributed by atoms with Gasteiger partial charge >= 0.3 is 5.97 Å². The fraction of sp³-hybridized carbons (Fsp3) is 0.0714. The summed E-state index contributed by atoms with van der Waals surface area (Å²) in [6.45, 7) is 0. The zero-order valence-electron chi connectivity index (χ0n) is 10.7. The second-order valence-corrected chi connectivity index (χ2v) is 5.98. The van der Waals surface area contributed by atoms with Crippen molar-refractivity contribution < 1.29 is 14.4 Å². The van der Waals surface area contributed by atoms with Crippen LogP contribution in [0.5, 0.6) is 0 Å². The van der Waals surface area contributed by atoms with Crippen molar-refractivity contribution in [2.45, 2.75) is 10.6 Å². The molecule has 0 amide bonds. The van der Waals surface area contributed by atoms with Crippen molar-refractivity contribution in [2.24, 2.45) is 0 Å². The van der Waals surface area contributed by atoms with Crippen molar-refractivity contribution in [3.05, 3.63) is 52.5 Å². The highest BCUT2D eigenvalue weighted by atomic mass is 32.2. The predicted octanol–water partition coefficient (Wildman–Crippen LogP) is 3.79. The van der Waals surface area contributed by atoms with E-state index < -0.39 is 5.97 Å². The quantitative estimate of drug-likeness (QED) is 0.721. The summed E-state index contributed by atoms with van der Waals surface area (Å²) in [4.78, 5) is 16.1. The number of benzene rings is 1. The molecule has 0 aliphatic rings. The Balaban J connectivity index is 1.68. The van der Waals surface area contributed by atoms with Crippen LogP contribution in [0.15, 0.2) is 50.5 Å². The number of carbonyl (C=O) groups is 1. The van der Waals surface area contributed by atoms with Crippen molar-refractivity contribution in [1.29, 1.82) is 0 Å². The maximum Gasteiger partial charge on any atom is 0.335 e. The number of carboxylic acid groups (broad SMARTS) is 1. The Morgan fingerprint density at radius 3 is 3.05 bits per heavy atom. The van der Waals surface area contributed by atoms with Gasteiger partial charge in [0, 0.05) is 10.3 Å². The lowest BCUT2D eigenvalue weighted by atomic mass is 10.2. The van der Waals surface area contributed by atoms with Crippen molar-refractivity contribution >= 4 is 29.1 Å². The van der Waals surface area contributed by atoms with Gasteiger partial charge < -0.3 is 9.63 Å². The average molecular weight is 318 g/mol. The Morgan fingerprint density at radius 2 is 2.29 bits per heavy atom. The molecule has 3 rings (SSSR count). The van der Waals surface area contributed by atoms with Crippen LogP contribution in [-0.4, -0.2) is 21.2 Å². The average Bonchev–Trinajstić information content (AvgIpc) is 3.16. The van der Waals surface area contributed by atoms with Crippen LogP contribution in [0.4, 0.5) is 0 Å². The van der Waals surface area contributed by atoms with Gasteiger partial charge in [0.2, 0.25) is 0 Å². The zero-order chi connectivity index (χ0) is 14.7. The lowest BCUT2D eigenvalue weighted by molar-refractivity contribution is 0.0696. The predicted molar refractivity (Wildman–Crippen MR) is 80.6 cm³/mol. The van der Waals surface area contributed by atoms with Crippen LogP contribution in [0.3, 0.4) is 0 Å². The van der Waals surface area contributed by atoms with Crippen LogP contribution in [0.1, 0.15) is 16.2 Å². The van der Waals surface area contributed by atoms with Gasteiger partial charge in [0.05, 0.1) is 16.9 Å². The number of aromatic nitrogens is 2. The first-order valence-corrected chi connectivity index (χ1v) is 7.96. The van der Waals surface area contributed by atoms with Gasteiger partial charge in [0.1, 0.15) is 0 Å². The molecule has 21 heavy (non-hydrogen) atoms. The third-order valence-electron chi connectivity index (χ3n) is 2.69. The number of aromatic carboxylic acids is 1. The highest BCUT2D eigenvalue weighted by Gasteiger charge is 2.10. The van der Waals surface area contributed by atoms with E-state index in [1.165, 1.54) is 11.8 Å². The van der Waals surface area contributed by atoms with E-state index in [9.17, 15) is 4.79 Å². The maximum atomic E-state index is 10.9. The minimum absolute atomic E-state index is 0.270. The summed E-state index contributed by atoms with van der Waals surface area (Å²) in [5.74, 6) is 0.682. The standard InChI is InChI=1S/C14H10N2O3S2/c17-14(18)9-2-1-3-11(6-9)21-8-12-15-13(19-16-12)10-4-5-20-7-10/h1-7H,8H2,(H,17,18). The Bertz CT molecular complexity index is 753. The van der Waals surface area contributed by atoms with Crippen molar-refractivity contribution in [3.63, 3.8) is 0 Å². The van der Waals surface area contributed by atoms with Gasteiger partial charge in [0.25, 0.3) is 5.89 Å². The molecular formula is C14H10N2O3S2. The summed E-state index contributed by atoms with van der Waals surface area (Å²) in [7, 11) is 0. The van der Waals surface area contributed by atoms with Gasteiger partial charge in [-0.15, -0.1) is 11.8 Å². The summed E-state index contributed by atoms with van der Waals surface area (Å²) < 4.78 is 5.20. The van der Waals surface area contributed by atoms with Gasteiger partial charge in [-0.1, -0.05) is 11.2 Å². The number of carboxylic acids is 1. The normalized spacial score (nSPS) is 10.7. The van der Waals surface area contributed by atoms with Crippen LogP contribution in [0.25, 0.3) is 11.5 Å². The van der Waals surface area contributed by atoms with E-state index in [-0.39, 0.29) is 5.56 Å². The number of rotatable bonds is 5. The number of hydrogen-bond donors (Lipinski definition) is 1. The summed E-state index contributed by atoms with van der Waals surface area (Å²) >= 11 is 3.04. The first-order valence-electron chi connectivity index (χ1n) is 6.04. The molecule has 2 heterocycles. The molecule has 0 saturated heterocycles. The molecule has 0 radical (unpaired) electrons. The monoisotopic (exact) mass is 318 g/mol. The zero-order valence-corrected chi connectivity index (χ0v) is 12.4. The van der Waals surface area contributed by atoms with Crippen molar-refractivity contribution in [2.75, 3.05) is 0 Å². The minimum Gasteiger partial charge on any atom is -0.478 e. The lowest BCUT2D eigenvalue weighted by Crippen LogP contribution is -1.95. The molecule has 2 aromatic heterocycles. The van der Waals surface area contributed by atoms with Crippen LogP contribution in [0.2, 0.25) is 0 Å². The molecule has 0 spiro atoms. The largest absolute Gasteiger partial charge is 0.478 e. The van der Waals surface area contributed by atoms with E-state index in [0.29, 0.717) is 17.5 Å². The smallest absolute Gasteiger partial charge is 0.335 e. The van der Waals surface area contributed by atoms with Gasteiger partial charge in [0.15, 0.2) is 5.82 Å². The molecule has 0 aliphatic carbocycles. The molecule has 0 bridgehead atoms.